The van der Waals surface area contributed by atoms with Gasteiger partial charge in [0.15, 0.2) is 5.17 Å². The summed E-state index contributed by atoms with van der Waals surface area (Å²) < 4.78 is 16.4. The second kappa shape index (κ2) is 11.1. The number of rotatable bonds is 8. The van der Waals surface area contributed by atoms with Crippen molar-refractivity contribution in [3.05, 3.63) is 47.5 Å². The first-order valence-electron chi connectivity index (χ1n) is 11.7. The topological polar surface area (TPSA) is 89.5 Å². The van der Waals surface area contributed by atoms with Crippen LogP contribution in [0.25, 0.3) is 0 Å². The summed E-state index contributed by atoms with van der Waals surface area (Å²) in [4.78, 5) is 32.8. The number of methoxy groups -OCH3 is 2. The fraction of sp³-hybridized carbons (Fsp3) is 0.423. The maximum Gasteiger partial charge on any atom is 0.242 e. The van der Waals surface area contributed by atoms with E-state index in [1.807, 2.05) is 26.0 Å². The molecule has 2 amide bonds. The molecule has 0 aromatic heterocycles. The van der Waals surface area contributed by atoms with Crippen LogP contribution in [0, 0.1) is 13.8 Å². The van der Waals surface area contributed by atoms with Gasteiger partial charge in [0, 0.05) is 19.1 Å². The number of hydrogen-bond acceptors (Lipinski definition) is 7. The van der Waals surface area contributed by atoms with Gasteiger partial charge in [-0.15, -0.1) is 0 Å². The van der Waals surface area contributed by atoms with Crippen LogP contribution in [-0.4, -0.2) is 60.6 Å². The van der Waals surface area contributed by atoms with Crippen LogP contribution in [0.3, 0.4) is 0 Å². The maximum absolute atomic E-state index is 13.4. The zero-order valence-corrected chi connectivity index (χ0v) is 21.3. The number of amides is 2. The quantitative estimate of drug-likeness (QED) is 0.579. The van der Waals surface area contributed by atoms with Gasteiger partial charge >= 0.3 is 0 Å². The van der Waals surface area contributed by atoms with E-state index in [2.05, 4.69) is 11.4 Å². The lowest BCUT2D eigenvalue weighted by atomic mass is 10.1. The number of carbonyl (C=O) groups excluding carboxylic acids is 2. The number of aryl methyl sites for hydroxylation is 2. The van der Waals surface area contributed by atoms with E-state index in [1.165, 1.54) is 18.9 Å². The Morgan fingerprint density at radius 3 is 2.71 bits per heavy atom. The van der Waals surface area contributed by atoms with Gasteiger partial charge in [-0.25, -0.2) is 4.99 Å². The molecular weight excluding hydrogens is 466 g/mol. The predicted octanol–water partition coefficient (Wildman–Crippen LogP) is 4.46. The van der Waals surface area contributed by atoms with Gasteiger partial charge in [-0.2, -0.15) is 0 Å². The van der Waals surface area contributed by atoms with E-state index in [0.717, 1.165) is 29.7 Å². The molecule has 0 radical (unpaired) electrons. The van der Waals surface area contributed by atoms with Gasteiger partial charge in [0.05, 0.1) is 38.2 Å². The second-order valence-electron chi connectivity index (χ2n) is 8.69. The number of benzene rings is 2. The highest BCUT2D eigenvalue weighted by atomic mass is 32.2. The predicted molar refractivity (Wildman–Crippen MR) is 138 cm³/mol. The van der Waals surface area contributed by atoms with Crippen LogP contribution >= 0.6 is 11.8 Å². The Morgan fingerprint density at radius 2 is 2.03 bits per heavy atom. The molecule has 8 nitrogen and oxygen atoms in total. The number of thioether (sulfide) groups is 1. The number of anilines is 1. The highest BCUT2D eigenvalue weighted by molar-refractivity contribution is 8.15. The Bertz CT molecular complexity index is 1130. The van der Waals surface area contributed by atoms with Crippen LogP contribution < -0.4 is 14.8 Å². The van der Waals surface area contributed by atoms with Crippen molar-refractivity contribution < 1.29 is 23.8 Å². The molecule has 2 atom stereocenters. The van der Waals surface area contributed by atoms with Crippen molar-refractivity contribution >= 4 is 40.1 Å². The van der Waals surface area contributed by atoms with Crippen LogP contribution in [0.1, 0.15) is 30.4 Å². The summed E-state index contributed by atoms with van der Waals surface area (Å²) in [6.07, 6.45) is 1.90. The molecule has 4 rings (SSSR count). The van der Waals surface area contributed by atoms with Crippen molar-refractivity contribution in [2.24, 2.45) is 4.99 Å². The first-order chi connectivity index (χ1) is 16.9. The van der Waals surface area contributed by atoms with Gasteiger partial charge in [0.25, 0.3) is 0 Å². The van der Waals surface area contributed by atoms with Gasteiger partial charge in [-0.3, -0.25) is 14.5 Å². The number of carbonyl (C=O) groups is 2. The van der Waals surface area contributed by atoms with Crippen molar-refractivity contribution in [3.8, 4) is 11.5 Å². The normalized spacial score (nSPS) is 21.0. The summed E-state index contributed by atoms with van der Waals surface area (Å²) in [7, 11) is 3.09. The molecule has 0 aliphatic carbocycles. The zero-order valence-electron chi connectivity index (χ0n) is 20.5. The summed E-state index contributed by atoms with van der Waals surface area (Å²) in [5.74, 6) is 0.716. The van der Waals surface area contributed by atoms with Crippen molar-refractivity contribution in [3.63, 3.8) is 0 Å². The molecule has 2 aromatic carbocycles. The van der Waals surface area contributed by atoms with E-state index in [-0.39, 0.29) is 24.3 Å². The summed E-state index contributed by atoms with van der Waals surface area (Å²) in [6.45, 7) is 5.19. The van der Waals surface area contributed by atoms with Crippen LogP contribution in [0.15, 0.2) is 41.4 Å². The van der Waals surface area contributed by atoms with Gasteiger partial charge in [0.2, 0.25) is 11.8 Å². The molecular formula is C26H31N3O5S. The Morgan fingerprint density at radius 1 is 1.20 bits per heavy atom. The zero-order chi connectivity index (χ0) is 24.9. The maximum atomic E-state index is 13.4. The molecule has 0 bridgehead atoms. The minimum Gasteiger partial charge on any atom is -0.497 e. The number of hydrogen-bond donors (Lipinski definition) is 1. The van der Waals surface area contributed by atoms with E-state index >= 15 is 0 Å². The molecule has 2 aromatic rings. The minimum atomic E-state index is -0.565. The SMILES string of the molecule is COc1ccc(NC(=O)C[C@H]2SC(=Nc3ccc(C)cc3C)N(C[C@H]3CCCO3)C2=O)c(OC)c1. The molecule has 0 spiro atoms. The summed E-state index contributed by atoms with van der Waals surface area (Å²) in [5, 5.41) is 2.90. The lowest BCUT2D eigenvalue weighted by molar-refractivity contribution is -0.129. The van der Waals surface area contributed by atoms with E-state index in [9.17, 15) is 9.59 Å². The Labute approximate surface area is 210 Å². The Kier molecular flexibility index (Phi) is 7.97. The summed E-state index contributed by atoms with van der Waals surface area (Å²) >= 11 is 1.33. The van der Waals surface area contributed by atoms with Crippen molar-refractivity contribution in [1.82, 2.24) is 4.90 Å². The third-order valence-electron chi connectivity index (χ3n) is 6.05. The average molecular weight is 498 g/mol. The first-order valence-corrected chi connectivity index (χ1v) is 12.5. The van der Waals surface area contributed by atoms with Gasteiger partial charge < -0.3 is 19.5 Å². The molecule has 9 heteroatoms. The van der Waals surface area contributed by atoms with Crippen molar-refractivity contribution in [2.45, 2.75) is 44.5 Å². The molecule has 2 aliphatic heterocycles. The minimum absolute atomic E-state index is 0.0139. The molecule has 1 N–H and O–H groups in total. The highest BCUT2D eigenvalue weighted by Crippen LogP contribution is 2.35. The number of aliphatic imine (C=N–C) groups is 1. The molecule has 2 saturated heterocycles. The number of amidine groups is 1. The van der Waals surface area contributed by atoms with Gasteiger partial charge in [-0.1, -0.05) is 29.5 Å². The number of nitrogens with zero attached hydrogens (tertiary/aromatic N) is 2. The third kappa shape index (κ3) is 5.97. The standard InChI is InChI=1S/C26H31N3O5S/c1-16-7-9-20(17(2)12-16)28-26-29(15-19-6-5-11-34-19)25(31)23(35-26)14-24(30)27-21-10-8-18(32-3)13-22(21)33-4/h7-10,12-13,19,23H,5-6,11,14-15H2,1-4H3,(H,27,30)/t19-,23-/m1/s1. The Balaban J connectivity index is 1.52. The first kappa shape index (κ1) is 25.1. The number of nitrogens with one attached hydrogen (secondary N) is 1. The fourth-order valence-corrected chi connectivity index (χ4v) is 5.35. The smallest absolute Gasteiger partial charge is 0.242 e. The van der Waals surface area contributed by atoms with Crippen molar-refractivity contribution in [2.75, 3.05) is 32.7 Å². The van der Waals surface area contributed by atoms with E-state index < -0.39 is 5.25 Å². The van der Waals surface area contributed by atoms with Crippen LogP contribution in [-0.2, 0) is 14.3 Å². The van der Waals surface area contributed by atoms with Gasteiger partial charge in [-0.05, 0) is 50.5 Å². The van der Waals surface area contributed by atoms with Crippen LogP contribution in [0.2, 0.25) is 0 Å². The lowest BCUT2D eigenvalue weighted by Gasteiger charge is -2.20. The highest BCUT2D eigenvalue weighted by Gasteiger charge is 2.40. The largest absolute Gasteiger partial charge is 0.497 e. The monoisotopic (exact) mass is 497 g/mol. The molecule has 2 heterocycles. The Hall–Kier alpha value is -3.04. The third-order valence-corrected chi connectivity index (χ3v) is 7.23. The molecule has 0 unspecified atom stereocenters. The van der Waals surface area contributed by atoms with Gasteiger partial charge in [0.1, 0.15) is 16.7 Å². The summed E-state index contributed by atoms with van der Waals surface area (Å²) in [5.41, 5.74) is 3.53. The van der Waals surface area contributed by atoms with E-state index in [0.29, 0.717) is 35.5 Å². The average Bonchev–Trinajstić information content (AvgIpc) is 3.45. The second-order valence-corrected chi connectivity index (χ2v) is 9.86. The fourth-order valence-electron chi connectivity index (χ4n) is 4.19. The van der Waals surface area contributed by atoms with Crippen molar-refractivity contribution in [1.29, 1.82) is 0 Å². The summed E-state index contributed by atoms with van der Waals surface area (Å²) in [6, 6.07) is 11.2. The molecule has 35 heavy (non-hydrogen) atoms. The molecule has 2 aliphatic rings. The molecule has 186 valence electrons. The molecule has 0 saturated carbocycles. The lowest BCUT2D eigenvalue weighted by Crippen LogP contribution is -2.38. The number of ether oxygens (including phenoxy) is 3. The van der Waals surface area contributed by atoms with E-state index in [1.54, 1.807) is 30.2 Å². The van der Waals surface area contributed by atoms with E-state index in [4.69, 9.17) is 19.2 Å². The van der Waals surface area contributed by atoms with Crippen LogP contribution in [0.4, 0.5) is 11.4 Å². The van der Waals surface area contributed by atoms with Crippen LogP contribution in [0.5, 0.6) is 11.5 Å². The molecule has 2 fully saturated rings.